The van der Waals surface area contributed by atoms with Crippen molar-refractivity contribution in [2.24, 2.45) is 5.92 Å². The van der Waals surface area contributed by atoms with E-state index in [9.17, 15) is 14.0 Å². The Hall–Kier alpha value is -2.63. The Morgan fingerprint density at radius 2 is 2.09 bits per heavy atom. The molecular formula is C16H15FN2O3. The van der Waals surface area contributed by atoms with Gasteiger partial charge in [0.2, 0.25) is 5.91 Å². The fourth-order valence-corrected chi connectivity index (χ4v) is 2.52. The number of rotatable bonds is 4. The maximum absolute atomic E-state index is 12.9. The molecular weight excluding hydrogens is 287 g/mol. The molecule has 1 saturated heterocycles. The number of nitrogens with zero attached hydrogens (tertiary/aromatic N) is 1. The molecule has 0 radical (unpaired) electrons. The number of amides is 2. The summed E-state index contributed by atoms with van der Waals surface area (Å²) in [6.45, 7) is 0.895. The van der Waals surface area contributed by atoms with Gasteiger partial charge in [0.25, 0.3) is 5.91 Å². The van der Waals surface area contributed by atoms with Crippen LogP contribution >= 0.6 is 0 Å². The van der Waals surface area contributed by atoms with Crippen LogP contribution in [0, 0.1) is 11.7 Å². The van der Waals surface area contributed by atoms with Gasteiger partial charge in [0.1, 0.15) is 5.82 Å². The lowest BCUT2D eigenvalue weighted by Crippen LogP contribution is -2.31. The minimum Gasteiger partial charge on any atom is -0.459 e. The zero-order valence-electron chi connectivity index (χ0n) is 11.8. The van der Waals surface area contributed by atoms with Crippen molar-refractivity contribution >= 4 is 17.5 Å². The number of anilines is 1. The van der Waals surface area contributed by atoms with E-state index >= 15 is 0 Å². The van der Waals surface area contributed by atoms with E-state index in [2.05, 4.69) is 5.32 Å². The lowest BCUT2D eigenvalue weighted by molar-refractivity contribution is -0.117. The van der Waals surface area contributed by atoms with Crippen molar-refractivity contribution in [3.05, 3.63) is 54.2 Å². The molecule has 1 N–H and O–H groups in total. The van der Waals surface area contributed by atoms with Gasteiger partial charge in [-0.3, -0.25) is 9.59 Å². The first-order valence-corrected chi connectivity index (χ1v) is 7.01. The summed E-state index contributed by atoms with van der Waals surface area (Å²) in [5.41, 5.74) is 0.672. The third-order valence-electron chi connectivity index (χ3n) is 3.64. The van der Waals surface area contributed by atoms with Gasteiger partial charge in [-0.05, 0) is 36.4 Å². The SMILES string of the molecule is O=C(NC[C@H]1CC(=O)N(c2ccc(F)cc2)C1)c1ccco1. The van der Waals surface area contributed by atoms with Crippen molar-refractivity contribution in [3.8, 4) is 0 Å². The lowest BCUT2D eigenvalue weighted by atomic mass is 10.1. The molecule has 0 aliphatic carbocycles. The van der Waals surface area contributed by atoms with E-state index in [0.29, 0.717) is 25.2 Å². The molecule has 0 saturated carbocycles. The Kier molecular flexibility index (Phi) is 3.91. The molecule has 0 unspecified atom stereocenters. The zero-order valence-corrected chi connectivity index (χ0v) is 11.8. The van der Waals surface area contributed by atoms with Gasteiger partial charge in [-0.1, -0.05) is 0 Å². The highest BCUT2D eigenvalue weighted by Crippen LogP contribution is 2.24. The number of hydrogen-bond donors (Lipinski definition) is 1. The van der Waals surface area contributed by atoms with Crippen molar-refractivity contribution < 1.29 is 18.4 Å². The van der Waals surface area contributed by atoms with Crippen molar-refractivity contribution in [2.45, 2.75) is 6.42 Å². The lowest BCUT2D eigenvalue weighted by Gasteiger charge is -2.16. The second-order valence-electron chi connectivity index (χ2n) is 5.24. The van der Waals surface area contributed by atoms with Crippen LogP contribution in [-0.2, 0) is 4.79 Å². The smallest absolute Gasteiger partial charge is 0.286 e. The topological polar surface area (TPSA) is 62.6 Å². The first kappa shape index (κ1) is 14.3. The number of carbonyl (C=O) groups excluding carboxylic acids is 2. The van der Waals surface area contributed by atoms with Crippen LogP contribution in [0.5, 0.6) is 0 Å². The van der Waals surface area contributed by atoms with Crippen LogP contribution in [0.3, 0.4) is 0 Å². The van der Waals surface area contributed by atoms with Gasteiger partial charge in [0.15, 0.2) is 5.76 Å². The standard InChI is InChI=1S/C16H15FN2O3/c17-12-3-5-13(6-4-12)19-10-11(8-15(19)20)9-18-16(21)14-2-1-7-22-14/h1-7,11H,8-10H2,(H,18,21)/t11-/m1/s1. The van der Waals surface area contributed by atoms with Crippen LogP contribution in [0.2, 0.25) is 0 Å². The number of hydrogen-bond acceptors (Lipinski definition) is 3. The van der Waals surface area contributed by atoms with E-state index in [0.717, 1.165) is 0 Å². The molecule has 2 amide bonds. The van der Waals surface area contributed by atoms with E-state index in [-0.39, 0.29) is 29.3 Å². The van der Waals surface area contributed by atoms with Gasteiger partial charge in [-0.2, -0.15) is 0 Å². The maximum Gasteiger partial charge on any atom is 0.286 e. The van der Waals surface area contributed by atoms with Crippen molar-refractivity contribution in [1.29, 1.82) is 0 Å². The highest BCUT2D eigenvalue weighted by Gasteiger charge is 2.30. The van der Waals surface area contributed by atoms with Gasteiger partial charge in [0.05, 0.1) is 6.26 Å². The number of carbonyl (C=O) groups is 2. The molecule has 1 fully saturated rings. The molecule has 0 bridgehead atoms. The molecule has 1 atom stereocenters. The molecule has 5 nitrogen and oxygen atoms in total. The van der Waals surface area contributed by atoms with Crippen LogP contribution in [-0.4, -0.2) is 24.9 Å². The zero-order chi connectivity index (χ0) is 15.5. The van der Waals surface area contributed by atoms with Crippen LogP contribution in [0.4, 0.5) is 10.1 Å². The number of benzene rings is 1. The van der Waals surface area contributed by atoms with Gasteiger partial charge < -0.3 is 14.6 Å². The number of halogens is 1. The van der Waals surface area contributed by atoms with Gasteiger partial charge in [0, 0.05) is 31.1 Å². The summed E-state index contributed by atoms with van der Waals surface area (Å²) in [4.78, 5) is 25.4. The monoisotopic (exact) mass is 302 g/mol. The molecule has 0 spiro atoms. The average molecular weight is 302 g/mol. The van der Waals surface area contributed by atoms with Crippen LogP contribution in [0.15, 0.2) is 47.1 Å². The van der Waals surface area contributed by atoms with Gasteiger partial charge >= 0.3 is 0 Å². The van der Waals surface area contributed by atoms with Gasteiger partial charge in [-0.25, -0.2) is 4.39 Å². The second-order valence-corrected chi connectivity index (χ2v) is 5.24. The quantitative estimate of drug-likeness (QED) is 0.942. The molecule has 6 heteroatoms. The van der Waals surface area contributed by atoms with E-state index in [4.69, 9.17) is 4.42 Å². The first-order chi connectivity index (χ1) is 10.6. The summed E-state index contributed by atoms with van der Waals surface area (Å²) in [5, 5.41) is 2.76. The van der Waals surface area contributed by atoms with E-state index < -0.39 is 0 Å². The molecule has 2 heterocycles. The summed E-state index contributed by atoms with van der Waals surface area (Å²) in [6, 6.07) is 9.04. The Labute approximate surface area is 126 Å². The third-order valence-corrected chi connectivity index (χ3v) is 3.64. The fraction of sp³-hybridized carbons (Fsp3) is 0.250. The van der Waals surface area contributed by atoms with E-state index in [1.165, 1.54) is 18.4 Å². The summed E-state index contributed by atoms with van der Waals surface area (Å²) in [6.07, 6.45) is 1.79. The van der Waals surface area contributed by atoms with Crippen molar-refractivity contribution in [1.82, 2.24) is 5.32 Å². The number of nitrogens with one attached hydrogen (secondary N) is 1. The van der Waals surface area contributed by atoms with Crippen molar-refractivity contribution in [2.75, 3.05) is 18.0 Å². The Morgan fingerprint density at radius 1 is 1.32 bits per heavy atom. The molecule has 1 aromatic carbocycles. The second kappa shape index (κ2) is 6.01. The molecule has 114 valence electrons. The van der Waals surface area contributed by atoms with Crippen LogP contribution in [0.1, 0.15) is 17.0 Å². The Morgan fingerprint density at radius 3 is 2.77 bits per heavy atom. The molecule has 1 aliphatic rings. The normalized spacial score (nSPS) is 17.8. The molecule has 1 aliphatic heterocycles. The van der Waals surface area contributed by atoms with Crippen molar-refractivity contribution in [3.63, 3.8) is 0 Å². The summed E-state index contributed by atoms with van der Waals surface area (Å²) < 4.78 is 17.9. The largest absolute Gasteiger partial charge is 0.459 e. The highest BCUT2D eigenvalue weighted by molar-refractivity contribution is 5.96. The number of furan rings is 1. The molecule has 3 rings (SSSR count). The van der Waals surface area contributed by atoms with Crippen LogP contribution in [0.25, 0.3) is 0 Å². The summed E-state index contributed by atoms with van der Waals surface area (Å²) in [5.74, 6) is -0.379. The minimum atomic E-state index is -0.336. The predicted molar refractivity (Wildman–Crippen MR) is 77.9 cm³/mol. The summed E-state index contributed by atoms with van der Waals surface area (Å²) in [7, 11) is 0. The van der Waals surface area contributed by atoms with E-state index in [1.807, 2.05) is 0 Å². The molecule has 22 heavy (non-hydrogen) atoms. The van der Waals surface area contributed by atoms with Crippen LogP contribution < -0.4 is 10.2 Å². The maximum atomic E-state index is 12.9. The molecule has 1 aromatic heterocycles. The first-order valence-electron chi connectivity index (χ1n) is 7.01. The molecule has 2 aromatic rings. The average Bonchev–Trinajstić information content (AvgIpc) is 3.15. The van der Waals surface area contributed by atoms with Gasteiger partial charge in [-0.15, -0.1) is 0 Å². The minimum absolute atomic E-state index is 0.0242. The highest BCUT2D eigenvalue weighted by atomic mass is 19.1. The van der Waals surface area contributed by atoms with E-state index in [1.54, 1.807) is 29.2 Å². The predicted octanol–water partition coefficient (Wildman–Crippen LogP) is 2.20. The fourth-order valence-electron chi connectivity index (χ4n) is 2.52. The Bertz CT molecular complexity index is 667. The Balaban J connectivity index is 1.58. The third kappa shape index (κ3) is 3.00. The summed E-state index contributed by atoms with van der Waals surface area (Å²) >= 11 is 0.